The number of nitrogens with one attached hydrogen (secondary N) is 2. The Morgan fingerprint density at radius 3 is 2.51 bits per heavy atom. The number of carbonyl (C=O) groups is 3. The van der Waals surface area contributed by atoms with Gasteiger partial charge in [-0.2, -0.15) is 0 Å². The SMILES string of the molecule is O=C(NC1(C(=O)NCC2CCN(c3cccc(F)c3N3CCCC3=O)CC2)CC1)c1cncnc1. The quantitative estimate of drug-likeness (QED) is 0.628. The van der Waals surface area contributed by atoms with Crippen LogP contribution in [0.1, 0.15) is 48.9 Å². The van der Waals surface area contributed by atoms with Gasteiger partial charge in [0.1, 0.15) is 23.4 Å². The molecular weight excluding hydrogens is 451 g/mol. The van der Waals surface area contributed by atoms with Crippen molar-refractivity contribution < 1.29 is 18.8 Å². The smallest absolute Gasteiger partial charge is 0.255 e. The maximum absolute atomic E-state index is 14.7. The second kappa shape index (κ2) is 9.59. The molecule has 35 heavy (non-hydrogen) atoms. The van der Waals surface area contributed by atoms with E-state index in [1.807, 2.05) is 6.07 Å². The van der Waals surface area contributed by atoms with Crippen molar-refractivity contribution >= 4 is 29.1 Å². The van der Waals surface area contributed by atoms with Gasteiger partial charge in [0.25, 0.3) is 5.91 Å². The second-order valence-corrected chi connectivity index (χ2v) is 9.56. The van der Waals surface area contributed by atoms with Gasteiger partial charge in [0.05, 0.1) is 11.3 Å². The van der Waals surface area contributed by atoms with Gasteiger partial charge in [-0.1, -0.05) is 6.07 Å². The number of hydrogen-bond donors (Lipinski definition) is 2. The fraction of sp³-hybridized carbons (Fsp3) is 0.480. The number of benzene rings is 1. The summed E-state index contributed by atoms with van der Waals surface area (Å²) in [7, 11) is 0. The number of rotatable bonds is 7. The van der Waals surface area contributed by atoms with E-state index in [1.165, 1.54) is 24.8 Å². The third kappa shape index (κ3) is 4.82. The van der Waals surface area contributed by atoms with E-state index < -0.39 is 5.54 Å². The second-order valence-electron chi connectivity index (χ2n) is 9.56. The number of halogens is 1. The molecule has 0 spiro atoms. The van der Waals surface area contributed by atoms with Crippen molar-refractivity contribution in [3.05, 3.63) is 48.3 Å². The molecule has 5 rings (SSSR count). The molecule has 0 atom stereocenters. The highest BCUT2D eigenvalue weighted by Crippen LogP contribution is 2.38. The molecule has 1 aromatic carbocycles. The molecule has 184 valence electrons. The Kier molecular flexibility index (Phi) is 6.36. The van der Waals surface area contributed by atoms with Crippen molar-refractivity contribution in [2.75, 3.05) is 36.0 Å². The number of amides is 3. The fourth-order valence-electron chi connectivity index (χ4n) is 4.93. The first-order valence-electron chi connectivity index (χ1n) is 12.2. The van der Waals surface area contributed by atoms with Crippen LogP contribution in [0.4, 0.5) is 15.8 Å². The Hall–Kier alpha value is -3.56. The summed E-state index contributed by atoms with van der Waals surface area (Å²) in [5.41, 5.74) is 0.613. The lowest BCUT2D eigenvalue weighted by molar-refractivity contribution is -0.124. The molecular formula is C25H29FN6O3. The molecule has 2 saturated heterocycles. The van der Waals surface area contributed by atoms with Gasteiger partial charge >= 0.3 is 0 Å². The summed E-state index contributed by atoms with van der Waals surface area (Å²) in [4.78, 5) is 48.9. The van der Waals surface area contributed by atoms with Gasteiger partial charge < -0.3 is 20.4 Å². The molecule has 10 heteroatoms. The summed E-state index contributed by atoms with van der Waals surface area (Å²) in [5, 5.41) is 5.86. The minimum atomic E-state index is -0.855. The van der Waals surface area contributed by atoms with Gasteiger partial charge in [-0.25, -0.2) is 14.4 Å². The minimum Gasteiger partial charge on any atom is -0.370 e. The summed E-state index contributed by atoms with van der Waals surface area (Å²) in [5.74, 6) is -0.630. The first-order chi connectivity index (χ1) is 17.0. The molecule has 3 fully saturated rings. The van der Waals surface area contributed by atoms with Crippen LogP contribution >= 0.6 is 0 Å². The largest absolute Gasteiger partial charge is 0.370 e. The molecule has 0 unspecified atom stereocenters. The number of anilines is 2. The van der Waals surface area contributed by atoms with Crippen molar-refractivity contribution in [1.29, 1.82) is 0 Å². The third-order valence-corrected chi connectivity index (χ3v) is 7.18. The average molecular weight is 481 g/mol. The lowest BCUT2D eigenvalue weighted by Gasteiger charge is -2.36. The number of para-hydroxylation sites is 1. The van der Waals surface area contributed by atoms with Gasteiger partial charge in [0, 0.05) is 45.0 Å². The van der Waals surface area contributed by atoms with Crippen molar-refractivity contribution in [3.8, 4) is 0 Å². The first kappa shape index (κ1) is 23.2. The zero-order valence-corrected chi connectivity index (χ0v) is 19.5. The average Bonchev–Trinajstić information content (AvgIpc) is 3.55. The van der Waals surface area contributed by atoms with Crippen LogP contribution < -0.4 is 20.4 Å². The fourth-order valence-corrected chi connectivity index (χ4v) is 4.93. The number of aromatic nitrogens is 2. The molecule has 2 N–H and O–H groups in total. The van der Waals surface area contributed by atoms with E-state index in [2.05, 4.69) is 25.5 Å². The van der Waals surface area contributed by atoms with Crippen molar-refractivity contribution in [1.82, 2.24) is 20.6 Å². The Morgan fingerprint density at radius 1 is 1.11 bits per heavy atom. The maximum Gasteiger partial charge on any atom is 0.255 e. The van der Waals surface area contributed by atoms with E-state index in [1.54, 1.807) is 11.0 Å². The molecule has 3 heterocycles. The minimum absolute atomic E-state index is 0.0326. The summed E-state index contributed by atoms with van der Waals surface area (Å²) in [6, 6.07) is 4.97. The summed E-state index contributed by atoms with van der Waals surface area (Å²) in [6.45, 7) is 2.51. The molecule has 0 radical (unpaired) electrons. The van der Waals surface area contributed by atoms with Crippen LogP contribution in [-0.4, -0.2) is 59.4 Å². The Morgan fingerprint density at radius 2 is 1.86 bits per heavy atom. The van der Waals surface area contributed by atoms with Crippen LogP contribution in [0.5, 0.6) is 0 Å². The zero-order valence-electron chi connectivity index (χ0n) is 19.5. The van der Waals surface area contributed by atoms with E-state index in [4.69, 9.17) is 0 Å². The van der Waals surface area contributed by atoms with Crippen LogP contribution in [0.25, 0.3) is 0 Å². The number of piperidine rings is 1. The normalized spacial score (nSPS) is 19.5. The summed E-state index contributed by atoms with van der Waals surface area (Å²) in [6.07, 6.45) is 8.29. The molecule has 1 aromatic heterocycles. The van der Waals surface area contributed by atoms with E-state index in [0.29, 0.717) is 43.6 Å². The molecule has 3 amide bonds. The van der Waals surface area contributed by atoms with Crippen molar-refractivity contribution in [2.45, 2.75) is 44.1 Å². The van der Waals surface area contributed by atoms with Crippen LogP contribution in [0, 0.1) is 11.7 Å². The molecule has 2 aromatic rings. The molecule has 9 nitrogen and oxygen atoms in total. The van der Waals surface area contributed by atoms with Gasteiger partial charge in [-0.15, -0.1) is 0 Å². The molecule has 0 bridgehead atoms. The van der Waals surface area contributed by atoms with E-state index in [-0.39, 0.29) is 29.5 Å². The van der Waals surface area contributed by atoms with Gasteiger partial charge in [0.15, 0.2) is 0 Å². The highest BCUT2D eigenvalue weighted by molar-refractivity contribution is 6.00. The Labute approximate surface area is 203 Å². The zero-order chi connectivity index (χ0) is 24.4. The summed E-state index contributed by atoms with van der Waals surface area (Å²) < 4.78 is 14.7. The number of hydrogen-bond acceptors (Lipinski definition) is 6. The van der Waals surface area contributed by atoms with Crippen LogP contribution in [-0.2, 0) is 9.59 Å². The first-order valence-corrected chi connectivity index (χ1v) is 12.2. The number of carbonyl (C=O) groups excluding carboxylic acids is 3. The molecule has 3 aliphatic rings. The highest BCUT2D eigenvalue weighted by Gasteiger charge is 2.51. The van der Waals surface area contributed by atoms with Crippen LogP contribution in [0.15, 0.2) is 36.9 Å². The van der Waals surface area contributed by atoms with E-state index in [9.17, 15) is 18.8 Å². The standard InChI is InChI=1S/C25H29FN6O3/c26-19-3-1-4-20(22(19)32-10-2-5-21(32)33)31-11-6-17(7-12-31)13-29-24(35)25(8-9-25)30-23(34)18-14-27-16-28-15-18/h1,3-4,14-17H,2,5-13H2,(H,29,35)(H,30,34). The lowest BCUT2D eigenvalue weighted by Crippen LogP contribution is -2.50. The lowest BCUT2D eigenvalue weighted by atomic mass is 9.96. The predicted octanol–water partition coefficient (Wildman–Crippen LogP) is 2.04. The third-order valence-electron chi connectivity index (χ3n) is 7.18. The summed E-state index contributed by atoms with van der Waals surface area (Å²) >= 11 is 0. The van der Waals surface area contributed by atoms with Crippen molar-refractivity contribution in [2.24, 2.45) is 5.92 Å². The molecule has 1 aliphatic carbocycles. The Balaban J connectivity index is 1.15. The van der Waals surface area contributed by atoms with Gasteiger partial charge in [-0.3, -0.25) is 14.4 Å². The van der Waals surface area contributed by atoms with E-state index in [0.717, 1.165) is 38.0 Å². The van der Waals surface area contributed by atoms with Crippen molar-refractivity contribution in [3.63, 3.8) is 0 Å². The predicted molar refractivity (Wildman–Crippen MR) is 127 cm³/mol. The number of nitrogens with zero attached hydrogens (tertiary/aromatic N) is 4. The monoisotopic (exact) mass is 480 g/mol. The van der Waals surface area contributed by atoms with Crippen LogP contribution in [0.3, 0.4) is 0 Å². The maximum atomic E-state index is 14.7. The topological polar surface area (TPSA) is 108 Å². The molecule has 2 aliphatic heterocycles. The Bertz CT molecular complexity index is 1120. The molecule has 1 saturated carbocycles. The van der Waals surface area contributed by atoms with Gasteiger partial charge in [-0.05, 0) is 50.2 Å². The van der Waals surface area contributed by atoms with Gasteiger partial charge in [0.2, 0.25) is 11.8 Å². The highest BCUT2D eigenvalue weighted by atomic mass is 19.1. The van der Waals surface area contributed by atoms with E-state index >= 15 is 0 Å². The van der Waals surface area contributed by atoms with Crippen LogP contribution in [0.2, 0.25) is 0 Å².